The van der Waals surface area contributed by atoms with E-state index in [1.165, 1.54) is 10.9 Å². The maximum Gasteiger partial charge on any atom is 0.332 e. The zero-order chi connectivity index (χ0) is 31.0. The van der Waals surface area contributed by atoms with Crippen LogP contribution in [0.2, 0.25) is 10.0 Å². The van der Waals surface area contributed by atoms with E-state index in [2.05, 4.69) is 4.98 Å². The lowest BCUT2D eigenvalue weighted by atomic mass is 10.0. The Bertz CT molecular complexity index is 2150. The third kappa shape index (κ3) is 5.65. The highest BCUT2D eigenvalue weighted by atomic mass is 35.5. The largest absolute Gasteiger partial charge is 0.332 e. The molecule has 0 N–H and O–H groups in total. The lowest BCUT2D eigenvalue weighted by molar-refractivity contribution is 0.103. The van der Waals surface area contributed by atoms with Crippen LogP contribution in [0.5, 0.6) is 0 Å². The van der Waals surface area contributed by atoms with Crippen molar-refractivity contribution in [3.63, 3.8) is 0 Å². The summed E-state index contributed by atoms with van der Waals surface area (Å²) in [5.41, 5.74) is 3.15. The molecular formula is C34H24Cl2N4O4. The van der Waals surface area contributed by atoms with Gasteiger partial charge in [0.25, 0.3) is 5.56 Å². The Morgan fingerprint density at radius 1 is 0.636 bits per heavy atom. The molecule has 0 radical (unpaired) electrons. The summed E-state index contributed by atoms with van der Waals surface area (Å²) >= 11 is 11.9. The van der Waals surface area contributed by atoms with Crippen molar-refractivity contribution in [3.8, 4) is 0 Å². The average molecular weight is 623 g/mol. The summed E-state index contributed by atoms with van der Waals surface area (Å²) in [5.74, 6) is -0.282. The van der Waals surface area contributed by atoms with Crippen molar-refractivity contribution >= 4 is 45.9 Å². The fraction of sp³-hybridized carbons (Fsp3) is 0.0882. The van der Waals surface area contributed by atoms with Gasteiger partial charge in [-0.15, -0.1) is 0 Å². The van der Waals surface area contributed by atoms with Crippen LogP contribution < -0.4 is 11.2 Å². The standard InChI is InChI=1S/C34H24Cl2N4O4/c1-38-32-29(39(20-37-32)18-21-2-6-23(7-3-21)30(41)25-10-14-27(35)15-11-25)33(43)40(34(38)44)19-22-4-8-24(9-5-22)31(42)26-12-16-28(36)17-13-26/h2-17,20H,18-19H2,1H3. The van der Waals surface area contributed by atoms with Gasteiger partial charge in [-0.2, -0.15) is 0 Å². The number of imidazole rings is 1. The molecule has 0 saturated heterocycles. The van der Waals surface area contributed by atoms with E-state index in [4.69, 9.17) is 23.2 Å². The summed E-state index contributed by atoms with van der Waals surface area (Å²) in [6.45, 7) is 0.324. The number of hydrogen-bond donors (Lipinski definition) is 0. The lowest BCUT2D eigenvalue weighted by Gasteiger charge is -2.11. The van der Waals surface area contributed by atoms with Crippen LogP contribution in [0, 0.1) is 0 Å². The highest BCUT2D eigenvalue weighted by molar-refractivity contribution is 6.31. The topological polar surface area (TPSA) is 96.0 Å². The van der Waals surface area contributed by atoms with Crippen LogP contribution in [-0.2, 0) is 20.1 Å². The van der Waals surface area contributed by atoms with Gasteiger partial charge in [0.2, 0.25) is 0 Å². The molecule has 0 aliphatic rings. The summed E-state index contributed by atoms with van der Waals surface area (Å²) in [7, 11) is 1.57. The zero-order valence-electron chi connectivity index (χ0n) is 23.4. The van der Waals surface area contributed by atoms with Crippen LogP contribution in [0.1, 0.15) is 43.0 Å². The number of rotatable bonds is 8. The summed E-state index contributed by atoms with van der Waals surface area (Å²) in [6, 6.07) is 27.3. The highest BCUT2D eigenvalue weighted by Gasteiger charge is 2.18. The second-order valence-corrected chi connectivity index (χ2v) is 11.2. The lowest BCUT2D eigenvalue weighted by Crippen LogP contribution is -2.40. The first kappa shape index (κ1) is 29.0. The number of nitrogens with zero attached hydrogens (tertiary/aromatic N) is 4. The van der Waals surface area contributed by atoms with Gasteiger partial charge in [0, 0.05) is 45.9 Å². The molecule has 0 bridgehead atoms. The van der Waals surface area contributed by atoms with Crippen molar-refractivity contribution in [2.45, 2.75) is 13.1 Å². The Hall–Kier alpha value is -5.05. The molecule has 218 valence electrons. The minimum Gasteiger partial charge on any atom is -0.320 e. The van der Waals surface area contributed by atoms with Gasteiger partial charge in [-0.3, -0.25) is 23.5 Å². The summed E-state index contributed by atoms with van der Waals surface area (Å²) in [4.78, 5) is 56.8. The molecule has 0 amide bonds. The van der Waals surface area contributed by atoms with E-state index in [0.717, 1.165) is 10.1 Å². The van der Waals surface area contributed by atoms with Crippen molar-refractivity contribution in [2.24, 2.45) is 7.05 Å². The quantitative estimate of drug-likeness (QED) is 0.201. The maximum atomic E-state index is 13.7. The van der Waals surface area contributed by atoms with Gasteiger partial charge < -0.3 is 4.57 Å². The van der Waals surface area contributed by atoms with E-state index in [-0.39, 0.29) is 29.3 Å². The van der Waals surface area contributed by atoms with E-state index in [1.54, 1.807) is 96.5 Å². The van der Waals surface area contributed by atoms with Gasteiger partial charge >= 0.3 is 5.69 Å². The Morgan fingerprint density at radius 3 is 1.50 bits per heavy atom. The maximum absolute atomic E-state index is 13.7. The van der Waals surface area contributed by atoms with E-state index in [1.807, 2.05) is 12.1 Å². The minimum absolute atomic E-state index is 0.0174. The summed E-state index contributed by atoms with van der Waals surface area (Å²) in [5, 5.41) is 1.10. The first-order valence-corrected chi connectivity index (χ1v) is 14.4. The molecule has 0 unspecified atom stereocenters. The van der Waals surface area contributed by atoms with E-state index < -0.39 is 11.2 Å². The third-order valence-corrected chi connectivity index (χ3v) is 7.94. The predicted molar refractivity (Wildman–Crippen MR) is 170 cm³/mol. The van der Waals surface area contributed by atoms with Crippen LogP contribution in [0.3, 0.4) is 0 Å². The van der Waals surface area contributed by atoms with Gasteiger partial charge in [0.05, 0.1) is 12.9 Å². The zero-order valence-corrected chi connectivity index (χ0v) is 24.9. The Morgan fingerprint density at radius 2 is 1.05 bits per heavy atom. The van der Waals surface area contributed by atoms with E-state index >= 15 is 0 Å². The SMILES string of the molecule is Cn1c(=O)n(Cc2ccc(C(=O)c3ccc(Cl)cc3)cc2)c(=O)c2c1ncn2Cc1ccc(C(=O)c2ccc(Cl)cc2)cc1. The molecule has 44 heavy (non-hydrogen) atoms. The van der Waals surface area contributed by atoms with Crippen molar-refractivity contribution in [2.75, 3.05) is 0 Å². The van der Waals surface area contributed by atoms with Crippen LogP contribution in [-0.4, -0.2) is 30.3 Å². The van der Waals surface area contributed by atoms with Crippen LogP contribution >= 0.6 is 23.2 Å². The number of aryl methyl sites for hydroxylation is 1. The number of aromatic nitrogens is 4. The molecule has 10 heteroatoms. The molecule has 0 fully saturated rings. The molecule has 0 spiro atoms. The van der Waals surface area contributed by atoms with Gasteiger partial charge in [-0.25, -0.2) is 9.78 Å². The van der Waals surface area contributed by atoms with Crippen LogP contribution in [0.4, 0.5) is 0 Å². The molecule has 2 aromatic heterocycles. The third-order valence-electron chi connectivity index (χ3n) is 7.44. The molecule has 0 aliphatic heterocycles. The van der Waals surface area contributed by atoms with E-state index in [9.17, 15) is 19.2 Å². The van der Waals surface area contributed by atoms with Gasteiger partial charge in [-0.05, 0) is 59.7 Å². The van der Waals surface area contributed by atoms with E-state index in [0.29, 0.717) is 44.4 Å². The van der Waals surface area contributed by atoms with Crippen molar-refractivity contribution in [1.82, 2.24) is 18.7 Å². The molecular weight excluding hydrogens is 599 g/mol. The molecule has 0 saturated carbocycles. The molecule has 0 atom stereocenters. The van der Waals surface area contributed by atoms with Crippen LogP contribution in [0.25, 0.3) is 11.2 Å². The second-order valence-electron chi connectivity index (χ2n) is 10.3. The monoisotopic (exact) mass is 622 g/mol. The fourth-order valence-electron chi connectivity index (χ4n) is 5.02. The number of carbonyl (C=O) groups excluding carboxylic acids is 2. The number of hydrogen-bond acceptors (Lipinski definition) is 5. The fourth-order valence-corrected chi connectivity index (χ4v) is 5.27. The van der Waals surface area contributed by atoms with Gasteiger partial charge in [0.15, 0.2) is 22.7 Å². The van der Waals surface area contributed by atoms with Gasteiger partial charge in [0.1, 0.15) is 0 Å². The molecule has 2 heterocycles. The number of ketones is 2. The Kier molecular flexibility index (Phi) is 7.86. The van der Waals surface area contributed by atoms with Crippen LogP contribution in [0.15, 0.2) is 113 Å². The first-order valence-electron chi connectivity index (χ1n) is 13.6. The van der Waals surface area contributed by atoms with Crippen molar-refractivity contribution in [3.05, 3.63) is 168 Å². The Balaban J connectivity index is 1.25. The number of benzene rings is 4. The first-order chi connectivity index (χ1) is 21.2. The molecule has 6 aromatic rings. The van der Waals surface area contributed by atoms with Crippen molar-refractivity contribution < 1.29 is 9.59 Å². The highest BCUT2D eigenvalue weighted by Crippen LogP contribution is 2.17. The number of fused-ring (bicyclic) bond motifs is 1. The molecule has 0 aliphatic carbocycles. The summed E-state index contributed by atoms with van der Waals surface area (Å²) in [6.07, 6.45) is 1.53. The summed E-state index contributed by atoms with van der Waals surface area (Å²) < 4.78 is 4.20. The number of halogens is 2. The smallest absolute Gasteiger partial charge is 0.320 e. The molecule has 4 aromatic carbocycles. The second kappa shape index (κ2) is 11.9. The number of carbonyl (C=O) groups is 2. The molecule has 8 nitrogen and oxygen atoms in total. The average Bonchev–Trinajstić information content (AvgIpc) is 3.46. The molecule has 6 rings (SSSR count). The normalized spacial score (nSPS) is 11.2. The van der Waals surface area contributed by atoms with Gasteiger partial charge in [-0.1, -0.05) is 71.7 Å². The van der Waals surface area contributed by atoms with Crippen molar-refractivity contribution in [1.29, 1.82) is 0 Å². The minimum atomic E-state index is -0.501. The Labute approximate surface area is 261 Å². The predicted octanol–water partition coefficient (Wildman–Crippen LogP) is 5.76.